The lowest BCUT2D eigenvalue weighted by atomic mass is 10.4. The molecule has 0 saturated heterocycles. The molecule has 0 unspecified atom stereocenters. The number of alkyl halides is 1. The van der Waals surface area contributed by atoms with Gasteiger partial charge in [0.15, 0.2) is 6.33 Å². The Morgan fingerprint density at radius 2 is 2.56 bits per heavy atom. The topological polar surface area (TPSA) is 43.6 Å². The van der Waals surface area contributed by atoms with E-state index in [1.165, 1.54) is 6.33 Å². The third-order valence-electron chi connectivity index (χ3n) is 0.982. The second kappa shape index (κ2) is 2.91. The molecule has 0 radical (unpaired) electrons. The molecule has 0 bridgehead atoms. The van der Waals surface area contributed by atoms with Gasteiger partial charge in [0.1, 0.15) is 0 Å². The molecule has 0 aliphatic carbocycles. The Kier molecular flexibility index (Phi) is 2.16. The van der Waals surface area contributed by atoms with E-state index in [1.54, 1.807) is 4.80 Å². The molecule has 1 aromatic rings. The van der Waals surface area contributed by atoms with Gasteiger partial charge in [-0.1, -0.05) is 15.9 Å². The quantitative estimate of drug-likeness (QED) is 0.644. The summed E-state index contributed by atoms with van der Waals surface area (Å²) in [5.74, 6) is 0. The van der Waals surface area contributed by atoms with Crippen LogP contribution < -0.4 is 0 Å². The third-order valence-corrected chi connectivity index (χ3v) is 1.92. The fraction of sp³-hybridized carbons (Fsp3) is 0.750. The number of tetrazole rings is 1. The molecule has 50 valence electrons. The van der Waals surface area contributed by atoms with Crippen molar-refractivity contribution in [2.24, 2.45) is 0 Å². The predicted octanol–water partition coefficient (Wildman–Crippen LogP) is 0.629. The summed E-state index contributed by atoms with van der Waals surface area (Å²) in [6.07, 6.45) is 1.43. The summed E-state index contributed by atoms with van der Waals surface area (Å²) in [4.78, 5) is 1.56. The van der Waals surface area contributed by atoms with Gasteiger partial charge in [-0.05, 0) is 12.1 Å². The van der Waals surface area contributed by atoms with E-state index < -0.39 is 0 Å². The first kappa shape index (κ1) is 6.67. The number of halogens is 1. The SMILES string of the molecule is C[C@H](CBr)n1ncnn1. The zero-order valence-electron chi connectivity index (χ0n) is 5.03. The zero-order valence-corrected chi connectivity index (χ0v) is 6.61. The molecule has 0 aliphatic rings. The molecule has 9 heavy (non-hydrogen) atoms. The van der Waals surface area contributed by atoms with E-state index in [2.05, 4.69) is 31.3 Å². The van der Waals surface area contributed by atoms with Crippen molar-refractivity contribution in [3.63, 3.8) is 0 Å². The molecule has 1 rings (SSSR count). The van der Waals surface area contributed by atoms with E-state index in [4.69, 9.17) is 0 Å². The summed E-state index contributed by atoms with van der Waals surface area (Å²) in [5, 5.41) is 12.0. The Morgan fingerprint density at radius 1 is 1.78 bits per heavy atom. The second-order valence-electron chi connectivity index (χ2n) is 1.76. The highest BCUT2D eigenvalue weighted by Crippen LogP contribution is 2.02. The van der Waals surface area contributed by atoms with Crippen molar-refractivity contribution in [3.05, 3.63) is 6.33 Å². The molecule has 0 aliphatic heterocycles. The largest absolute Gasteiger partial charge is 0.162 e. The second-order valence-corrected chi connectivity index (χ2v) is 2.41. The van der Waals surface area contributed by atoms with Crippen molar-refractivity contribution in [1.82, 2.24) is 20.2 Å². The molecule has 1 atom stereocenters. The Hall–Kier alpha value is -0.450. The first-order valence-electron chi connectivity index (χ1n) is 2.63. The maximum absolute atomic E-state index is 3.85. The van der Waals surface area contributed by atoms with Crippen molar-refractivity contribution in [1.29, 1.82) is 0 Å². The maximum Gasteiger partial charge on any atom is 0.162 e. The number of nitrogens with zero attached hydrogens (tertiary/aromatic N) is 4. The Labute approximate surface area is 61.4 Å². The summed E-state index contributed by atoms with van der Waals surface area (Å²) < 4.78 is 0. The van der Waals surface area contributed by atoms with Gasteiger partial charge in [-0.25, -0.2) is 0 Å². The minimum atomic E-state index is 0.285. The molecule has 0 N–H and O–H groups in total. The third kappa shape index (κ3) is 1.48. The molecule has 5 heteroatoms. The van der Waals surface area contributed by atoms with E-state index in [-0.39, 0.29) is 6.04 Å². The van der Waals surface area contributed by atoms with Crippen LogP contribution in [-0.2, 0) is 0 Å². The van der Waals surface area contributed by atoms with Gasteiger partial charge in [0.25, 0.3) is 0 Å². The average Bonchev–Trinajstić information content (AvgIpc) is 2.37. The van der Waals surface area contributed by atoms with Crippen LogP contribution in [0.4, 0.5) is 0 Å². The Bertz CT molecular complexity index is 161. The minimum Gasteiger partial charge on any atom is -0.161 e. The van der Waals surface area contributed by atoms with Gasteiger partial charge in [-0.3, -0.25) is 0 Å². The molecular weight excluding hydrogens is 184 g/mol. The van der Waals surface area contributed by atoms with E-state index >= 15 is 0 Å². The van der Waals surface area contributed by atoms with Crippen molar-refractivity contribution in [3.8, 4) is 0 Å². The Morgan fingerprint density at radius 3 is 3.00 bits per heavy atom. The lowest BCUT2D eigenvalue weighted by Gasteiger charge is -2.02. The molecule has 4 nitrogen and oxygen atoms in total. The van der Waals surface area contributed by atoms with Crippen molar-refractivity contribution >= 4 is 15.9 Å². The summed E-state index contributed by atoms with van der Waals surface area (Å²) in [7, 11) is 0. The Balaban J connectivity index is 2.65. The van der Waals surface area contributed by atoms with Crippen LogP contribution in [0.2, 0.25) is 0 Å². The maximum atomic E-state index is 3.85. The van der Waals surface area contributed by atoms with Crippen LogP contribution in [-0.4, -0.2) is 25.5 Å². The van der Waals surface area contributed by atoms with Gasteiger partial charge in [0.05, 0.1) is 6.04 Å². The van der Waals surface area contributed by atoms with Gasteiger partial charge < -0.3 is 0 Å². The highest BCUT2D eigenvalue weighted by Gasteiger charge is 2.01. The summed E-state index contributed by atoms with van der Waals surface area (Å²) in [6, 6.07) is 0.285. The monoisotopic (exact) mass is 190 g/mol. The molecule has 0 fully saturated rings. The molecule has 0 aromatic carbocycles. The molecule has 0 spiro atoms. The fourth-order valence-corrected chi connectivity index (χ4v) is 0.698. The van der Waals surface area contributed by atoms with Gasteiger partial charge in [-0.15, -0.1) is 10.2 Å². The van der Waals surface area contributed by atoms with Crippen LogP contribution in [0.3, 0.4) is 0 Å². The zero-order chi connectivity index (χ0) is 6.69. The summed E-state index contributed by atoms with van der Waals surface area (Å²) in [6.45, 7) is 2.01. The number of aromatic nitrogens is 4. The normalized spacial score (nSPS) is 13.6. The van der Waals surface area contributed by atoms with Crippen LogP contribution in [0.1, 0.15) is 13.0 Å². The molecular formula is C4H7BrN4. The number of hydrogen-bond acceptors (Lipinski definition) is 3. The minimum absolute atomic E-state index is 0.285. The van der Waals surface area contributed by atoms with Crippen LogP contribution in [0.15, 0.2) is 6.33 Å². The lowest BCUT2D eigenvalue weighted by Crippen LogP contribution is -2.09. The van der Waals surface area contributed by atoms with Gasteiger partial charge in [0, 0.05) is 5.33 Å². The van der Waals surface area contributed by atoms with Gasteiger partial charge in [0.2, 0.25) is 0 Å². The number of rotatable bonds is 2. The molecule has 1 heterocycles. The molecule has 0 saturated carbocycles. The van der Waals surface area contributed by atoms with Crippen molar-refractivity contribution < 1.29 is 0 Å². The predicted molar refractivity (Wildman–Crippen MR) is 36.3 cm³/mol. The van der Waals surface area contributed by atoms with Crippen molar-refractivity contribution in [2.75, 3.05) is 5.33 Å². The average molecular weight is 191 g/mol. The fourth-order valence-electron chi connectivity index (χ4n) is 0.439. The van der Waals surface area contributed by atoms with E-state index in [0.717, 1.165) is 5.33 Å². The first-order chi connectivity index (χ1) is 4.34. The first-order valence-corrected chi connectivity index (χ1v) is 3.75. The smallest absolute Gasteiger partial charge is 0.161 e. The molecule has 0 amide bonds. The standard InChI is InChI=1S/C4H7BrN4/c1-4(2-5)9-7-3-6-8-9/h3-4H,2H2,1H3/t4-/m1/s1. The van der Waals surface area contributed by atoms with Crippen LogP contribution in [0, 0.1) is 0 Å². The summed E-state index contributed by atoms with van der Waals surface area (Å²) >= 11 is 3.31. The van der Waals surface area contributed by atoms with Crippen molar-refractivity contribution in [2.45, 2.75) is 13.0 Å². The number of hydrogen-bond donors (Lipinski definition) is 0. The van der Waals surface area contributed by atoms with Crippen LogP contribution >= 0.6 is 15.9 Å². The summed E-state index contributed by atoms with van der Waals surface area (Å²) in [5.41, 5.74) is 0. The van der Waals surface area contributed by atoms with E-state index in [9.17, 15) is 0 Å². The van der Waals surface area contributed by atoms with Crippen LogP contribution in [0.5, 0.6) is 0 Å². The lowest BCUT2D eigenvalue weighted by molar-refractivity contribution is 0.463. The van der Waals surface area contributed by atoms with Gasteiger partial charge in [-0.2, -0.15) is 4.80 Å². The molecule has 1 aromatic heterocycles. The van der Waals surface area contributed by atoms with Crippen LogP contribution in [0.25, 0.3) is 0 Å². The highest BCUT2D eigenvalue weighted by molar-refractivity contribution is 9.09. The van der Waals surface area contributed by atoms with Gasteiger partial charge >= 0.3 is 0 Å². The van der Waals surface area contributed by atoms with E-state index in [0.29, 0.717) is 0 Å². The highest BCUT2D eigenvalue weighted by atomic mass is 79.9. The van der Waals surface area contributed by atoms with E-state index in [1.807, 2.05) is 6.92 Å².